The van der Waals surface area contributed by atoms with Crippen LogP contribution in [0.5, 0.6) is 0 Å². The zero-order valence-electron chi connectivity index (χ0n) is 4.52. The first kappa shape index (κ1) is 5.55. The Hall–Kier alpha value is 0.415. The van der Waals surface area contributed by atoms with Gasteiger partial charge in [-0.05, 0) is 23.4 Å². The van der Waals surface area contributed by atoms with Crippen LogP contribution in [0.25, 0.3) is 0 Å². The van der Waals surface area contributed by atoms with E-state index in [1.54, 1.807) is 0 Å². The molecule has 1 aliphatic carbocycles. The van der Waals surface area contributed by atoms with Crippen molar-refractivity contribution in [1.82, 2.24) is 0 Å². The molecule has 7 heavy (non-hydrogen) atoms. The molecular weight excluding hydrogens is 103 g/mol. The van der Waals surface area contributed by atoms with Crippen molar-refractivity contribution >= 4 is 20.5 Å². The highest BCUT2D eigenvalue weighted by molar-refractivity contribution is 7.83. The third kappa shape index (κ3) is 0.811. The Morgan fingerprint density at radius 3 is 2.29 bits per heavy atom. The van der Waals surface area contributed by atoms with Crippen molar-refractivity contribution in [3.63, 3.8) is 0 Å². The Balaban J connectivity index is 2.43. The normalized spacial score (nSPS) is 50.9. The van der Waals surface area contributed by atoms with Gasteiger partial charge in [0.05, 0.1) is 7.85 Å². The van der Waals surface area contributed by atoms with Crippen molar-refractivity contribution in [3.05, 3.63) is 0 Å². The minimum Gasteiger partial charge on any atom is -0.182 e. The molecule has 0 aromatic heterocycles. The summed E-state index contributed by atoms with van der Waals surface area (Å²) >= 11 is 4.21. The van der Waals surface area contributed by atoms with Crippen LogP contribution in [0.4, 0.5) is 0 Å². The van der Waals surface area contributed by atoms with E-state index in [9.17, 15) is 0 Å². The average molecular weight is 112 g/mol. The van der Waals surface area contributed by atoms with Crippen LogP contribution in [0.1, 0.15) is 19.8 Å². The zero-order chi connectivity index (χ0) is 5.49. The molecule has 1 aliphatic rings. The van der Waals surface area contributed by atoms with Crippen LogP contribution in [0.2, 0.25) is 0 Å². The third-order valence-corrected chi connectivity index (χ3v) is 2.50. The van der Waals surface area contributed by atoms with Gasteiger partial charge in [0.1, 0.15) is 0 Å². The lowest BCUT2D eigenvalue weighted by Gasteiger charge is -2.41. The Morgan fingerprint density at radius 1 is 1.86 bits per heavy atom. The van der Waals surface area contributed by atoms with Crippen molar-refractivity contribution in [3.8, 4) is 0 Å². The van der Waals surface area contributed by atoms with E-state index in [4.69, 9.17) is 7.85 Å². The maximum Gasteiger partial charge on any atom is 0.0893 e. The molecule has 2 unspecified atom stereocenters. The molecule has 0 spiro atoms. The molecule has 0 aromatic carbocycles. The van der Waals surface area contributed by atoms with Gasteiger partial charge in [0.25, 0.3) is 0 Å². The maximum absolute atomic E-state index is 5.63. The van der Waals surface area contributed by atoms with Crippen molar-refractivity contribution < 1.29 is 0 Å². The van der Waals surface area contributed by atoms with Crippen LogP contribution in [0.3, 0.4) is 0 Å². The van der Waals surface area contributed by atoms with Gasteiger partial charge in [-0.2, -0.15) is 12.6 Å². The molecule has 38 valence electrons. The van der Waals surface area contributed by atoms with E-state index in [-0.39, 0.29) is 4.65 Å². The molecule has 1 fully saturated rings. The Bertz CT molecular complexity index is 80.1. The third-order valence-electron chi connectivity index (χ3n) is 1.83. The number of thiol groups is 1. The number of hydrogen-bond donors (Lipinski definition) is 1. The highest BCUT2D eigenvalue weighted by atomic mass is 32.1. The van der Waals surface area contributed by atoms with E-state index in [2.05, 4.69) is 19.6 Å². The van der Waals surface area contributed by atoms with E-state index in [0.717, 1.165) is 6.42 Å². The molecule has 0 aliphatic heterocycles. The van der Waals surface area contributed by atoms with E-state index < -0.39 is 0 Å². The molecule has 0 nitrogen and oxygen atoms in total. The van der Waals surface area contributed by atoms with Crippen molar-refractivity contribution in [1.29, 1.82) is 0 Å². The fourth-order valence-electron chi connectivity index (χ4n) is 0.729. The van der Waals surface area contributed by atoms with Gasteiger partial charge in [-0.3, -0.25) is 0 Å². The Kier molecular flexibility index (Phi) is 1.14. The molecule has 1 saturated carbocycles. The predicted molar refractivity (Wildman–Crippen MR) is 35.9 cm³/mol. The van der Waals surface area contributed by atoms with Gasteiger partial charge in [0, 0.05) is 0 Å². The summed E-state index contributed by atoms with van der Waals surface area (Å²) in [5.74, 6) is 0.621. The molecule has 0 N–H and O–H groups in total. The quantitative estimate of drug-likeness (QED) is 0.353. The summed E-state index contributed by atoms with van der Waals surface area (Å²) in [5.41, 5.74) is 0. The summed E-state index contributed by atoms with van der Waals surface area (Å²) in [5, 5.41) is 0. The molecular formula is C5H9BS. The first-order valence-corrected chi connectivity index (χ1v) is 3.09. The fourth-order valence-corrected chi connectivity index (χ4v) is 0.987. The summed E-state index contributed by atoms with van der Waals surface area (Å²) in [6.07, 6.45) is 2.33. The summed E-state index contributed by atoms with van der Waals surface area (Å²) in [6.45, 7) is 2.14. The van der Waals surface area contributed by atoms with Crippen LogP contribution in [0.15, 0.2) is 0 Å². The molecule has 0 saturated heterocycles. The minimum absolute atomic E-state index is 0.125. The van der Waals surface area contributed by atoms with E-state index in [0.29, 0.717) is 5.92 Å². The topological polar surface area (TPSA) is 0 Å². The molecule has 2 heteroatoms. The lowest BCUT2D eigenvalue weighted by atomic mass is 9.62. The van der Waals surface area contributed by atoms with Crippen molar-refractivity contribution in [2.75, 3.05) is 0 Å². The SMILES string of the molecule is [B]C1(S)CCC1C. The van der Waals surface area contributed by atoms with Gasteiger partial charge in [0.15, 0.2) is 0 Å². The maximum atomic E-state index is 5.63. The largest absolute Gasteiger partial charge is 0.182 e. The second kappa shape index (κ2) is 1.44. The number of hydrogen-bond acceptors (Lipinski definition) is 1. The summed E-state index contributed by atoms with van der Waals surface area (Å²) in [7, 11) is 5.63. The molecule has 0 aromatic rings. The summed E-state index contributed by atoms with van der Waals surface area (Å²) < 4.78 is -0.125. The second-order valence-corrected chi connectivity index (χ2v) is 3.26. The lowest BCUT2D eigenvalue weighted by molar-refractivity contribution is 0.326. The highest BCUT2D eigenvalue weighted by Crippen LogP contribution is 2.40. The van der Waals surface area contributed by atoms with Gasteiger partial charge in [-0.15, -0.1) is 0 Å². The van der Waals surface area contributed by atoms with Crippen LogP contribution in [0, 0.1) is 5.92 Å². The molecule has 0 bridgehead atoms. The van der Waals surface area contributed by atoms with E-state index >= 15 is 0 Å². The fraction of sp³-hybridized carbons (Fsp3) is 1.00. The van der Waals surface area contributed by atoms with Gasteiger partial charge in [-0.25, -0.2) is 0 Å². The molecule has 2 radical (unpaired) electrons. The smallest absolute Gasteiger partial charge is 0.0893 e. The Morgan fingerprint density at radius 2 is 2.29 bits per heavy atom. The first-order valence-electron chi connectivity index (χ1n) is 2.64. The van der Waals surface area contributed by atoms with Crippen LogP contribution < -0.4 is 0 Å². The molecule has 2 atom stereocenters. The van der Waals surface area contributed by atoms with Crippen molar-refractivity contribution in [2.45, 2.75) is 24.4 Å². The van der Waals surface area contributed by atoms with Gasteiger partial charge in [-0.1, -0.05) is 6.92 Å². The second-order valence-electron chi connectivity index (χ2n) is 2.43. The van der Waals surface area contributed by atoms with E-state index in [1.165, 1.54) is 6.42 Å². The molecule has 0 amide bonds. The molecule has 0 heterocycles. The average Bonchev–Trinajstić information content (AvgIpc) is 1.63. The number of rotatable bonds is 0. The van der Waals surface area contributed by atoms with E-state index in [1.807, 2.05) is 0 Å². The minimum atomic E-state index is -0.125. The van der Waals surface area contributed by atoms with Crippen LogP contribution >= 0.6 is 12.6 Å². The Labute approximate surface area is 51.5 Å². The predicted octanol–water partition coefficient (Wildman–Crippen LogP) is 1.21. The van der Waals surface area contributed by atoms with Gasteiger partial charge in [0.2, 0.25) is 0 Å². The molecule has 1 rings (SSSR count). The van der Waals surface area contributed by atoms with Crippen LogP contribution in [-0.4, -0.2) is 12.5 Å². The monoisotopic (exact) mass is 112 g/mol. The standard InChI is InChI=1S/C5H9BS/c1-4-2-3-5(4,6)7/h4,7H,2-3H2,1H3. The van der Waals surface area contributed by atoms with Gasteiger partial charge < -0.3 is 0 Å². The lowest BCUT2D eigenvalue weighted by Crippen LogP contribution is -2.40. The summed E-state index contributed by atoms with van der Waals surface area (Å²) in [6, 6.07) is 0. The van der Waals surface area contributed by atoms with Crippen molar-refractivity contribution in [2.24, 2.45) is 5.92 Å². The summed E-state index contributed by atoms with van der Waals surface area (Å²) in [4.78, 5) is 0. The highest BCUT2D eigenvalue weighted by Gasteiger charge is 2.34. The zero-order valence-corrected chi connectivity index (χ0v) is 5.41. The van der Waals surface area contributed by atoms with Crippen LogP contribution in [-0.2, 0) is 0 Å². The first-order chi connectivity index (χ1) is 3.13. The van der Waals surface area contributed by atoms with Gasteiger partial charge >= 0.3 is 0 Å².